The maximum atomic E-state index is 12.6. The van der Waals surface area contributed by atoms with E-state index in [-0.39, 0.29) is 12.3 Å². The van der Waals surface area contributed by atoms with Gasteiger partial charge in [0.15, 0.2) is 23.0 Å². The van der Waals surface area contributed by atoms with Gasteiger partial charge in [-0.2, -0.15) is 0 Å². The van der Waals surface area contributed by atoms with Crippen molar-refractivity contribution in [3.8, 4) is 23.0 Å². The molecule has 38 heavy (non-hydrogen) atoms. The molecule has 0 saturated carbocycles. The number of carbonyl (C=O) groups is 1. The number of benzene rings is 4. The minimum Gasteiger partial charge on any atom is -0.493 e. The molecule has 0 aliphatic heterocycles. The number of nitrogens with one attached hydrogen (secondary N) is 1. The first kappa shape index (κ1) is 26.6. The van der Waals surface area contributed by atoms with Crippen molar-refractivity contribution in [1.29, 1.82) is 0 Å². The van der Waals surface area contributed by atoms with Gasteiger partial charge >= 0.3 is 0 Å². The summed E-state index contributed by atoms with van der Waals surface area (Å²) in [6.07, 6.45) is 0.927. The van der Waals surface area contributed by atoms with Crippen molar-refractivity contribution in [2.24, 2.45) is 0 Å². The number of hydrogen-bond donors (Lipinski definition) is 1. The summed E-state index contributed by atoms with van der Waals surface area (Å²) in [4.78, 5) is 12.6. The lowest BCUT2D eigenvalue weighted by molar-refractivity contribution is -0.120. The first-order valence-corrected chi connectivity index (χ1v) is 12.6. The van der Waals surface area contributed by atoms with Crippen molar-refractivity contribution in [3.63, 3.8) is 0 Å². The van der Waals surface area contributed by atoms with Crippen molar-refractivity contribution in [3.05, 3.63) is 119 Å². The monoisotopic (exact) mass is 511 g/mol. The smallest absolute Gasteiger partial charge is 0.224 e. The van der Waals surface area contributed by atoms with Gasteiger partial charge in [-0.05, 0) is 52.9 Å². The molecule has 0 heterocycles. The van der Waals surface area contributed by atoms with Gasteiger partial charge < -0.3 is 24.3 Å². The van der Waals surface area contributed by atoms with Crippen molar-refractivity contribution >= 4 is 5.91 Å². The molecular weight excluding hydrogens is 478 g/mol. The molecule has 6 nitrogen and oxygen atoms in total. The normalized spacial score (nSPS) is 10.5. The molecule has 0 atom stereocenters. The van der Waals surface area contributed by atoms with Crippen molar-refractivity contribution < 1.29 is 23.7 Å². The van der Waals surface area contributed by atoms with Crippen LogP contribution in [0.5, 0.6) is 23.0 Å². The highest BCUT2D eigenvalue weighted by molar-refractivity contribution is 5.78. The SMILES string of the molecule is COc1cc(CCNC(=O)Cc2ccc(OC)c(OCc3ccccc3)c2)ccc1OCc1ccccc1. The van der Waals surface area contributed by atoms with Gasteiger partial charge in [0, 0.05) is 6.54 Å². The second-order valence-corrected chi connectivity index (χ2v) is 8.80. The summed E-state index contributed by atoms with van der Waals surface area (Å²) in [5.74, 6) is 2.55. The van der Waals surface area contributed by atoms with Crippen LogP contribution in [0.4, 0.5) is 0 Å². The average molecular weight is 512 g/mol. The summed E-state index contributed by atoms with van der Waals surface area (Å²) in [6, 6.07) is 31.4. The molecular formula is C32H33NO5. The molecule has 196 valence electrons. The number of amides is 1. The second-order valence-electron chi connectivity index (χ2n) is 8.80. The molecule has 0 unspecified atom stereocenters. The fourth-order valence-corrected chi connectivity index (χ4v) is 4.00. The minimum atomic E-state index is -0.0565. The molecule has 0 saturated heterocycles. The summed E-state index contributed by atoms with van der Waals surface area (Å²) < 4.78 is 22.9. The van der Waals surface area contributed by atoms with E-state index in [4.69, 9.17) is 18.9 Å². The zero-order valence-corrected chi connectivity index (χ0v) is 21.8. The van der Waals surface area contributed by atoms with Crippen molar-refractivity contribution in [1.82, 2.24) is 5.32 Å². The predicted molar refractivity (Wildman–Crippen MR) is 148 cm³/mol. The Morgan fingerprint density at radius 1 is 0.605 bits per heavy atom. The van der Waals surface area contributed by atoms with Crippen molar-refractivity contribution in [2.45, 2.75) is 26.1 Å². The van der Waals surface area contributed by atoms with Crippen LogP contribution in [0, 0.1) is 0 Å². The molecule has 0 spiro atoms. The van der Waals surface area contributed by atoms with Crippen LogP contribution in [0.1, 0.15) is 22.3 Å². The van der Waals surface area contributed by atoms with Crippen LogP contribution in [0.2, 0.25) is 0 Å². The molecule has 0 aromatic heterocycles. The van der Waals surface area contributed by atoms with Crippen LogP contribution < -0.4 is 24.3 Å². The van der Waals surface area contributed by atoms with Gasteiger partial charge in [0.1, 0.15) is 13.2 Å². The van der Waals surface area contributed by atoms with E-state index >= 15 is 0 Å². The van der Waals surface area contributed by atoms with Gasteiger partial charge in [-0.15, -0.1) is 0 Å². The highest BCUT2D eigenvalue weighted by Crippen LogP contribution is 2.30. The van der Waals surface area contributed by atoms with E-state index in [1.807, 2.05) is 97.1 Å². The van der Waals surface area contributed by atoms with Crippen LogP contribution >= 0.6 is 0 Å². The molecule has 4 aromatic rings. The number of rotatable bonds is 13. The van der Waals surface area contributed by atoms with Crippen LogP contribution in [0.25, 0.3) is 0 Å². The van der Waals surface area contributed by atoms with Gasteiger partial charge in [-0.1, -0.05) is 72.8 Å². The molecule has 4 aromatic carbocycles. The zero-order chi connectivity index (χ0) is 26.6. The summed E-state index contributed by atoms with van der Waals surface area (Å²) in [5.41, 5.74) is 4.06. The fraction of sp³-hybridized carbons (Fsp3) is 0.219. The fourth-order valence-electron chi connectivity index (χ4n) is 4.00. The largest absolute Gasteiger partial charge is 0.493 e. The first-order chi connectivity index (χ1) is 18.6. The molecule has 0 fully saturated rings. The molecule has 0 aliphatic carbocycles. The van der Waals surface area contributed by atoms with Gasteiger partial charge in [0.05, 0.1) is 20.6 Å². The summed E-state index contributed by atoms with van der Waals surface area (Å²) >= 11 is 0. The quantitative estimate of drug-likeness (QED) is 0.247. The summed E-state index contributed by atoms with van der Waals surface area (Å²) in [6.45, 7) is 1.41. The number of methoxy groups -OCH3 is 2. The van der Waals surface area contributed by atoms with Crippen LogP contribution in [-0.4, -0.2) is 26.7 Å². The van der Waals surface area contributed by atoms with Crippen LogP contribution in [0.3, 0.4) is 0 Å². The number of carbonyl (C=O) groups excluding carboxylic acids is 1. The zero-order valence-electron chi connectivity index (χ0n) is 21.8. The van der Waals surface area contributed by atoms with Gasteiger partial charge in [-0.25, -0.2) is 0 Å². The third kappa shape index (κ3) is 7.77. The topological polar surface area (TPSA) is 66.0 Å². The molecule has 0 aliphatic rings. The Morgan fingerprint density at radius 2 is 1.16 bits per heavy atom. The van der Waals surface area contributed by atoms with Gasteiger partial charge in [0.2, 0.25) is 5.91 Å². The van der Waals surface area contributed by atoms with E-state index in [0.29, 0.717) is 49.2 Å². The Balaban J connectivity index is 1.27. The van der Waals surface area contributed by atoms with Crippen LogP contribution in [-0.2, 0) is 30.8 Å². The summed E-state index contributed by atoms with van der Waals surface area (Å²) in [7, 11) is 3.23. The van der Waals surface area contributed by atoms with Gasteiger partial charge in [-0.3, -0.25) is 4.79 Å². The third-order valence-electron chi connectivity index (χ3n) is 6.03. The van der Waals surface area contributed by atoms with Crippen molar-refractivity contribution in [2.75, 3.05) is 20.8 Å². The molecule has 0 bridgehead atoms. The van der Waals surface area contributed by atoms with E-state index in [9.17, 15) is 4.79 Å². The summed E-state index contributed by atoms with van der Waals surface area (Å²) in [5, 5.41) is 3.00. The molecule has 1 amide bonds. The lowest BCUT2D eigenvalue weighted by Gasteiger charge is -2.13. The Kier molecular flexibility index (Phi) is 9.63. The molecule has 4 rings (SSSR count). The standard InChI is InChI=1S/C32H33NO5/c1-35-28-15-14-27(20-31(28)38-23-26-11-7-4-8-12-26)21-32(34)33-18-17-24-13-16-29(30(19-24)36-2)37-22-25-9-5-3-6-10-25/h3-16,19-20H,17-18,21-23H2,1-2H3,(H,33,34). The number of hydrogen-bond acceptors (Lipinski definition) is 5. The van der Waals surface area contributed by atoms with E-state index in [2.05, 4.69) is 5.32 Å². The second kappa shape index (κ2) is 13.7. The molecule has 1 N–H and O–H groups in total. The van der Waals surface area contributed by atoms with E-state index in [1.165, 1.54) is 0 Å². The average Bonchev–Trinajstić information content (AvgIpc) is 2.96. The molecule has 6 heteroatoms. The first-order valence-electron chi connectivity index (χ1n) is 12.6. The Labute approximate surface area is 224 Å². The Hall–Kier alpha value is -4.45. The third-order valence-corrected chi connectivity index (χ3v) is 6.03. The Bertz CT molecular complexity index is 1310. The highest BCUT2D eigenvalue weighted by Gasteiger charge is 2.11. The van der Waals surface area contributed by atoms with E-state index < -0.39 is 0 Å². The van der Waals surface area contributed by atoms with Gasteiger partial charge in [0.25, 0.3) is 0 Å². The maximum absolute atomic E-state index is 12.6. The number of ether oxygens (including phenoxy) is 4. The van der Waals surface area contributed by atoms with Crippen LogP contribution in [0.15, 0.2) is 97.1 Å². The Morgan fingerprint density at radius 3 is 1.79 bits per heavy atom. The lowest BCUT2D eigenvalue weighted by Crippen LogP contribution is -2.27. The molecule has 0 radical (unpaired) electrons. The lowest BCUT2D eigenvalue weighted by atomic mass is 10.1. The minimum absolute atomic E-state index is 0.0565. The van der Waals surface area contributed by atoms with E-state index in [1.54, 1.807) is 14.2 Å². The van der Waals surface area contributed by atoms with E-state index in [0.717, 1.165) is 22.3 Å². The highest BCUT2D eigenvalue weighted by atomic mass is 16.5. The maximum Gasteiger partial charge on any atom is 0.224 e. The predicted octanol–water partition coefficient (Wildman–Crippen LogP) is 5.76.